The first-order valence-electron chi connectivity index (χ1n) is 12.5. The molecule has 3 heterocycles. The van der Waals surface area contributed by atoms with E-state index in [4.69, 9.17) is 0 Å². The molecule has 0 amide bonds. The van der Waals surface area contributed by atoms with Gasteiger partial charge in [0.2, 0.25) is 0 Å². The van der Waals surface area contributed by atoms with E-state index in [-0.39, 0.29) is 0 Å². The standard InChI is InChI=1S/C30H34N2S/c1-3-9-24(10-4-1)19-32-21-26(27(22-32)25-11-5-2-6-12-25)20-31-17-15-30(16-18-31)23-33-29-14-8-7-13-28(29)30/h1-14,26-27H,15-23H2/t26-,27?/m0/s1. The fourth-order valence-corrected chi connectivity index (χ4v) is 7.92. The number of thioether (sulfide) groups is 1. The van der Waals surface area contributed by atoms with Crippen molar-refractivity contribution in [2.75, 3.05) is 38.5 Å². The first kappa shape index (κ1) is 21.5. The number of likely N-dealkylation sites (tertiary alicyclic amines) is 2. The van der Waals surface area contributed by atoms with Crippen LogP contribution >= 0.6 is 11.8 Å². The average Bonchev–Trinajstić information content (AvgIpc) is 3.43. The number of piperidine rings is 1. The Morgan fingerprint density at radius 2 is 1.45 bits per heavy atom. The Morgan fingerprint density at radius 1 is 0.758 bits per heavy atom. The van der Waals surface area contributed by atoms with Crippen molar-refractivity contribution in [2.24, 2.45) is 5.92 Å². The van der Waals surface area contributed by atoms with E-state index in [0.717, 1.165) is 6.54 Å². The van der Waals surface area contributed by atoms with Crippen molar-refractivity contribution in [1.82, 2.24) is 9.80 Å². The van der Waals surface area contributed by atoms with Gasteiger partial charge in [-0.25, -0.2) is 0 Å². The minimum absolute atomic E-state index is 0.422. The van der Waals surface area contributed by atoms with E-state index < -0.39 is 0 Å². The third kappa shape index (κ3) is 4.39. The molecule has 0 bridgehead atoms. The summed E-state index contributed by atoms with van der Waals surface area (Å²) in [6, 6.07) is 31.4. The van der Waals surface area contributed by atoms with E-state index >= 15 is 0 Å². The largest absolute Gasteiger partial charge is 0.303 e. The normalized spacial score (nSPS) is 24.8. The van der Waals surface area contributed by atoms with Gasteiger partial charge in [-0.15, -0.1) is 11.8 Å². The molecule has 0 radical (unpaired) electrons. The number of hydrogen-bond donors (Lipinski definition) is 0. The molecule has 0 N–H and O–H groups in total. The second-order valence-electron chi connectivity index (χ2n) is 10.3. The highest BCUT2D eigenvalue weighted by Crippen LogP contribution is 2.49. The fourth-order valence-electron chi connectivity index (χ4n) is 6.43. The number of benzene rings is 3. The van der Waals surface area contributed by atoms with Crippen LogP contribution in [0.4, 0.5) is 0 Å². The van der Waals surface area contributed by atoms with E-state index in [1.54, 1.807) is 5.56 Å². The van der Waals surface area contributed by atoms with Crippen molar-refractivity contribution in [2.45, 2.75) is 35.6 Å². The Balaban J connectivity index is 1.14. The van der Waals surface area contributed by atoms with Crippen LogP contribution in [-0.4, -0.2) is 48.3 Å². The molecule has 0 aliphatic carbocycles. The minimum Gasteiger partial charge on any atom is -0.303 e. The number of fused-ring (bicyclic) bond motifs is 2. The second-order valence-corrected chi connectivity index (χ2v) is 11.3. The lowest BCUT2D eigenvalue weighted by molar-refractivity contribution is 0.146. The van der Waals surface area contributed by atoms with E-state index in [1.165, 1.54) is 67.3 Å². The molecule has 170 valence electrons. The summed E-state index contributed by atoms with van der Waals surface area (Å²) in [5.41, 5.74) is 5.01. The maximum atomic E-state index is 2.78. The molecule has 6 rings (SSSR count). The predicted octanol–water partition coefficient (Wildman–Crippen LogP) is 6.04. The van der Waals surface area contributed by atoms with Gasteiger partial charge in [-0.3, -0.25) is 4.90 Å². The van der Waals surface area contributed by atoms with Gasteiger partial charge in [-0.1, -0.05) is 78.9 Å². The van der Waals surface area contributed by atoms with Crippen LogP contribution < -0.4 is 0 Å². The van der Waals surface area contributed by atoms with Crippen molar-refractivity contribution in [3.63, 3.8) is 0 Å². The van der Waals surface area contributed by atoms with Gasteiger partial charge in [0.15, 0.2) is 0 Å². The van der Waals surface area contributed by atoms with Crippen molar-refractivity contribution in [3.8, 4) is 0 Å². The van der Waals surface area contributed by atoms with E-state index in [9.17, 15) is 0 Å². The third-order valence-corrected chi connectivity index (χ3v) is 9.63. The summed E-state index contributed by atoms with van der Waals surface area (Å²) in [5, 5.41) is 0. The molecule has 1 unspecified atom stereocenters. The van der Waals surface area contributed by atoms with E-state index in [0.29, 0.717) is 17.3 Å². The lowest BCUT2D eigenvalue weighted by atomic mass is 9.74. The Bertz CT molecular complexity index is 1060. The molecule has 2 nitrogen and oxygen atoms in total. The molecule has 0 saturated carbocycles. The zero-order chi connectivity index (χ0) is 22.1. The first-order valence-corrected chi connectivity index (χ1v) is 13.5. The van der Waals surface area contributed by atoms with Crippen molar-refractivity contribution >= 4 is 11.8 Å². The van der Waals surface area contributed by atoms with Gasteiger partial charge in [-0.2, -0.15) is 0 Å². The van der Waals surface area contributed by atoms with Gasteiger partial charge in [0.1, 0.15) is 0 Å². The zero-order valence-electron chi connectivity index (χ0n) is 19.4. The molecule has 33 heavy (non-hydrogen) atoms. The van der Waals surface area contributed by atoms with Gasteiger partial charge in [0.25, 0.3) is 0 Å². The summed E-state index contributed by atoms with van der Waals surface area (Å²) in [4.78, 5) is 7.00. The molecule has 3 aromatic carbocycles. The zero-order valence-corrected chi connectivity index (χ0v) is 20.2. The Kier molecular flexibility index (Phi) is 6.04. The Hall–Kier alpha value is -2.07. The van der Waals surface area contributed by atoms with E-state index in [1.807, 2.05) is 0 Å². The van der Waals surface area contributed by atoms with Crippen LogP contribution in [0.1, 0.15) is 35.4 Å². The van der Waals surface area contributed by atoms with Crippen molar-refractivity contribution in [3.05, 3.63) is 102 Å². The summed E-state index contributed by atoms with van der Waals surface area (Å²) in [7, 11) is 0. The molecule has 3 aliphatic heterocycles. The highest BCUT2D eigenvalue weighted by atomic mass is 32.2. The highest BCUT2D eigenvalue weighted by molar-refractivity contribution is 7.99. The van der Waals surface area contributed by atoms with Crippen LogP contribution in [0, 0.1) is 5.92 Å². The van der Waals surface area contributed by atoms with Gasteiger partial charge in [0, 0.05) is 48.2 Å². The summed E-state index contributed by atoms with van der Waals surface area (Å²) in [6.07, 6.45) is 2.63. The van der Waals surface area contributed by atoms with Gasteiger partial charge in [0.05, 0.1) is 0 Å². The molecule has 2 saturated heterocycles. The topological polar surface area (TPSA) is 6.48 Å². The van der Waals surface area contributed by atoms with Gasteiger partial charge in [-0.05, 0) is 54.6 Å². The summed E-state index contributed by atoms with van der Waals surface area (Å²) < 4.78 is 0. The van der Waals surface area contributed by atoms with Crippen LogP contribution in [0.3, 0.4) is 0 Å². The maximum Gasteiger partial charge on any atom is 0.0234 e. The van der Waals surface area contributed by atoms with Gasteiger partial charge < -0.3 is 4.90 Å². The van der Waals surface area contributed by atoms with Crippen LogP contribution in [0.15, 0.2) is 89.8 Å². The number of hydrogen-bond acceptors (Lipinski definition) is 3. The van der Waals surface area contributed by atoms with Crippen molar-refractivity contribution in [1.29, 1.82) is 0 Å². The second kappa shape index (κ2) is 9.29. The fraction of sp³-hybridized carbons (Fsp3) is 0.400. The van der Waals surface area contributed by atoms with Crippen LogP contribution in [0.5, 0.6) is 0 Å². The highest BCUT2D eigenvalue weighted by Gasteiger charge is 2.42. The third-order valence-electron chi connectivity index (χ3n) is 8.26. The lowest BCUT2D eigenvalue weighted by Crippen LogP contribution is -2.45. The first-order chi connectivity index (χ1) is 16.3. The van der Waals surface area contributed by atoms with Crippen molar-refractivity contribution < 1.29 is 0 Å². The smallest absolute Gasteiger partial charge is 0.0234 e. The molecule has 3 aromatic rings. The SMILES string of the molecule is c1ccc(CN2CC(c3ccccc3)[C@@H](CN3CCC4(CC3)CSc3ccccc34)C2)cc1. The quantitative estimate of drug-likeness (QED) is 0.464. The molecule has 3 heteroatoms. The molecule has 2 atom stereocenters. The summed E-state index contributed by atoms with van der Waals surface area (Å²) in [5.74, 6) is 2.62. The number of rotatable bonds is 5. The Labute approximate surface area is 203 Å². The van der Waals surface area contributed by atoms with E-state index in [2.05, 4.69) is 106 Å². The molecule has 3 aliphatic rings. The average molecular weight is 455 g/mol. The van der Waals surface area contributed by atoms with Crippen LogP contribution in [-0.2, 0) is 12.0 Å². The summed E-state index contributed by atoms with van der Waals surface area (Å²) in [6.45, 7) is 7.16. The molecule has 2 fully saturated rings. The van der Waals surface area contributed by atoms with Crippen LogP contribution in [0.25, 0.3) is 0 Å². The number of nitrogens with zero attached hydrogens (tertiary/aromatic N) is 2. The van der Waals surface area contributed by atoms with Crippen LogP contribution in [0.2, 0.25) is 0 Å². The molecular weight excluding hydrogens is 420 g/mol. The monoisotopic (exact) mass is 454 g/mol. The molecule has 0 aromatic heterocycles. The lowest BCUT2D eigenvalue weighted by Gasteiger charge is -2.41. The van der Waals surface area contributed by atoms with Gasteiger partial charge >= 0.3 is 0 Å². The molecule has 1 spiro atoms. The maximum absolute atomic E-state index is 2.78. The predicted molar refractivity (Wildman–Crippen MR) is 139 cm³/mol. The minimum atomic E-state index is 0.422. The Morgan fingerprint density at radius 3 is 2.24 bits per heavy atom. The summed E-state index contributed by atoms with van der Waals surface area (Å²) >= 11 is 2.08. The molecular formula is C30H34N2S.